The predicted octanol–water partition coefficient (Wildman–Crippen LogP) is 11.7. The van der Waals surface area contributed by atoms with E-state index < -0.39 is 55.4 Å². The van der Waals surface area contributed by atoms with Gasteiger partial charge in [-0.2, -0.15) is 0 Å². The van der Waals surface area contributed by atoms with E-state index in [4.69, 9.17) is 18.9 Å². The van der Waals surface area contributed by atoms with Crippen LogP contribution in [0.4, 0.5) is 0 Å². The van der Waals surface area contributed by atoms with Gasteiger partial charge in [0.25, 0.3) is 0 Å². The van der Waals surface area contributed by atoms with Crippen LogP contribution in [0.15, 0.2) is 24.3 Å². The highest BCUT2D eigenvalue weighted by atomic mass is 16.7. The zero-order valence-corrected chi connectivity index (χ0v) is 39.2. The van der Waals surface area contributed by atoms with Crippen LogP contribution in [0.1, 0.15) is 232 Å². The van der Waals surface area contributed by atoms with Gasteiger partial charge in [-0.15, -0.1) is 0 Å². The Kier molecular flexibility index (Phi) is 39.5. The Hall–Kier alpha value is -1.82. The van der Waals surface area contributed by atoms with Crippen molar-refractivity contribution < 1.29 is 49.0 Å². The van der Waals surface area contributed by atoms with Gasteiger partial charge in [0.05, 0.1) is 13.2 Å². The van der Waals surface area contributed by atoms with Gasteiger partial charge in [-0.25, -0.2) is 4.79 Å². The van der Waals surface area contributed by atoms with Crippen molar-refractivity contribution in [2.45, 2.75) is 269 Å². The molecule has 0 aromatic carbocycles. The molecule has 0 aromatic rings. The Morgan fingerprint density at radius 2 is 0.967 bits per heavy atom. The number of aliphatic hydroxyl groups excluding tert-OH is 4. The van der Waals surface area contributed by atoms with Crippen LogP contribution in [0.2, 0.25) is 0 Å². The summed E-state index contributed by atoms with van der Waals surface area (Å²) < 4.78 is 22.0. The summed E-state index contributed by atoms with van der Waals surface area (Å²) in [4.78, 5) is 25.3. The Morgan fingerprint density at radius 1 is 0.541 bits per heavy atom. The molecule has 0 aliphatic carbocycles. The molecule has 61 heavy (non-hydrogen) atoms. The third-order valence-electron chi connectivity index (χ3n) is 11.9. The van der Waals surface area contributed by atoms with E-state index in [0.717, 1.165) is 32.1 Å². The number of rotatable bonds is 43. The molecule has 1 rings (SSSR count). The van der Waals surface area contributed by atoms with Crippen LogP contribution in [0.3, 0.4) is 0 Å². The molecule has 10 heteroatoms. The Balaban J connectivity index is 2.27. The first-order chi connectivity index (χ1) is 29.8. The second-order valence-corrected chi connectivity index (χ2v) is 17.7. The van der Waals surface area contributed by atoms with Crippen molar-refractivity contribution in [2.24, 2.45) is 0 Å². The highest BCUT2D eigenvalue weighted by Gasteiger charge is 2.44. The Morgan fingerprint density at radius 3 is 1.41 bits per heavy atom. The van der Waals surface area contributed by atoms with Crippen molar-refractivity contribution in [3.63, 3.8) is 0 Å². The fourth-order valence-corrected chi connectivity index (χ4v) is 7.92. The van der Waals surface area contributed by atoms with Gasteiger partial charge < -0.3 is 39.4 Å². The molecule has 4 N–H and O–H groups in total. The lowest BCUT2D eigenvalue weighted by molar-refractivity contribution is -0.305. The molecule has 1 heterocycles. The summed E-state index contributed by atoms with van der Waals surface area (Å²) in [5.74, 6) is -1.05. The summed E-state index contributed by atoms with van der Waals surface area (Å²) in [6, 6.07) is 0. The number of ether oxygens (including phenoxy) is 4. The highest BCUT2D eigenvalue weighted by molar-refractivity contribution is 5.82. The van der Waals surface area contributed by atoms with Crippen molar-refractivity contribution in [3.8, 4) is 0 Å². The van der Waals surface area contributed by atoms with E-state index in [0.29, 0.717) is 0 Å². The summed E-state index contributed by atoms with van der Waals surface area (Å²) in [7, 11) is 0. The summed E-state index contributed by atoms with van der Waals surface area (Å²) in [5, 5.41) is 40.1. The van der Waals surface area contributed by atoms with Gasteiger partial charge in [0.1, 0.15) is 31.0 Å². The zero-order valence-electron chi connectivity index (χ0n) is 39.2. The first-order valence-electron chi connectivity index (χ1n) is 25.5. The predicted molar refractivity (Wildman–Crippen MR) is 247 cm³/mol. The van der Waals surface area contributed by atoms with Gasteiger partial charge in [0, 0.05) is 12.5 Å². The monoisotopic (exact) mass is 867 g/mol. The quantitative estimate of drug-likeness (QED) is 0.0202. The lowest BCUT2D eigenvalue weighted by Crippen LogP contribution is -2.59. The van der Waals surface area contributed by atoms with Gasteiger partial charge in [0.15, 0.2) is 12.4 Å². The third-order valence-corrected chi connectivity index (χ3v) is 11.9. The van der Waals surface area contributed by atoms with Gasteiger partial charge in [0.2, 0.25) is 0 Å². The first kappa shape index (κ1) is 57.2. The molecule has 2 unspecified atom stereocenters. The molecule has 0 saturated carbocycles. The molecule has 1 aliphatic heterocycles. The first-order valence-corrected chi connectivity index (χ1v) is 25.5. The van der Waals surface area contributed by atoms with Crippen LogP contribution < -0.4 is 0 Å². The number of esters is 2. The van der Waals surface area contributed by atoms with Crippen molar-refractivity contribution in [3.05, 3.63) is 24.3 Å². The van der Waals surface area contributed by atoms with Crippen LogP contribution in [-0.2, 0) is 28.5 Å². The maximum Gasteiger partial charge on any atom is 0.331 e. The average molecular weight is 867 g/mol. The Labute approximate surface area is 373 Å². The number of carbonyl (C=O) groups excluding carboxylic acids is 2. The average Bonchev–Trinajstić information content (AvgIpc) is 3.26. The van der Waals surface area contributed by atoms with E-state index in [9.17, 15) is 30.0 Å². The summed E-state index contributed by atoms with van der Waals surface area (Å²) >= 11 is 0. The molecule has 6 atom stereocenters. The SMILES string of the molecule is CCCCCCCCCCCCC/C=C/C=C/C(=O)O[C@@H](COC(=O)CCCCCCCCCCCCCCCCCCCCCCC)CO[C@H]1O[C@@H](CO)[C@@H](O)C(O)C1O. The second-order valence-electron chi connectivity index (χ2n) is 17.7. The van der Waals surface area contributed by atoms with Crippen molar-refractivity contribution in [1.29, 1.82) is 0 Å². The Bertz CT molecular complexity index is 1050. The molecule has 0 radical (unpaired) electrons. The summed E-state index contributed by atoms with van der Waals surface area (Å²) in [6.45, 7) is 3.35. The number of hydrogen-bond donors (Lipinski definition) is 4. The molecule has 0 amide bonds. The number of hydrogen-bond acceptors (Lipinski definition) is 10. The third kappa shape index (κ3) is 33.4. The van der Waals surface area contributed by atoms with E-state index in [1.165, 1.54) is 186 Å². The molecular weight excluding hydrogens is 773 g/mol. The molecule has 10 nitrogen and oxygen atoms in total. The van der Waals surface area contributed by atoms with Gasteiger partial charge >= 0.3 is 11.9 Å². The molecule has 0 spiro atoms. The minimum Gasteiger partial charge on any atom is -0.462 e. The standard InChI is InChI=1S/C51H94O10/c1-3-5-7-9-11-13-15-17-19-20-21-22-23-24-26-27-29-31-33-35-37-39-46(53)58-42-44(43-59-51-50(57)49(56)48(55)45(41-52)61-51)60-47(54)40-38-36-34-32-30-28-25-18-16-14-12-10-8-6-4-2/h34,36,38,40,44-45,48-52,55-57H,3-33,35,37,39,41-43H2,1-2H3/b36-34+,40-38+/t44-,45-,48+,49?,50?,51-/m0/s1. The van der Waals surface area contributed by atoms with Gasteiger partial charge in [-0.3, -0.25) is 4.79 Å². The lowest BCUT2D eigenvalue weighted by Gasteiger charge is -2.39. The van der Waals surface area contributed by atoms with Crippen LogP contribution in [0.5, 0.6) is 0 Å². The maximum atomic E-state index is 12.7. The summed E-state index contributed by atoms with van der Waals surface area (Å²) in [5.41, 5.74) is 0. The largest absolute Gasteiger partial charge is 0.462 e. The summed E-state index contributed by atoms with van der Waals surface area (Å²) in [6.07, 6.45) is 41.1. The molecule has 1 aliphatic rings. The van der Waals surface area contributed by atoms with Crippen molar-refractivity contribution in [1.82, 2.24) is 0 Å². The van der Waals surface area contributed by atoms with E-state index in [1.807, 2.05) is 12.2 Å². The minimum absolute atomic E-state index is 0.260. The molecule has 1 fully saturated rings. The smallest absolute Gasteiger partial charge is 0.331 e. The van der Waals surface area contributed by atoms with Gasteiger partial charge in [-0.05, 0) is 19.3 Å². The van der Waals surface area contributed by atoms with Crippen LogP contribution in [0.25, 0.3) is 0 Å². The van der Waals surface area contributed by atoms with E-state index in [1.54, 1.807) is 6.08 Å². The molecule has 0 bridgehead atoms. The zero-order chi connectivity index (χ0) is 44.4. The topological polar surface area (TPSA) is 152 Å². The molecule has 1 saturated heterocycles. The highest BCUT2D eigenvalue weighted by Crippen LogP contribution is 2.23. The number of unbranched alkanes of at least 4 members (excludes halogenated alkanes) is 31. The molecule has 358 valence electrons. The number of aliphatic hydroxyl groups is 4. The van der Waals surface area contributed by atoms with Crippen LogP contribution in [-0.4, -0.2) is 89.0 Å². The fraction of sp³-hybridized carbons (Fsp3) is 0.882. The number of allylic oxidation sites excluding steroid dienone is 3. The van der Waals surface area contributed by atoms with E-state index in [-0.39, 0.29) is 19.6 Å². The minimum atomic E-state index is -1.61. The van der Waals surface area contributed by atoms with Crippen LogP contribution in [0, 0.1) is 0 Å². The number of carbonyl (C=O) groups is 2. The van der Waals surface area contributed by atoms with Gasteiger partial charge in [-0.1, -0.05) is 225 Å². The second kappa shape index (κ2) is 42.1. The molecular formula is C51H94O10. The van der Waals surface area contributed by atoms with Crippen LogP contribution >= 0.6 is 0 Å². The van der Waals surface area contributed by atoms with E-state index >= 15 is 0 Å². The molecule has 0 aromatic heterocycles. The lowest BCUT2D eigenvalue weighted by atomic mass is 9.99. The van der Waals surface area contributed by atoms with E-state index in [2.05, 4.69) is 13.8 Å². The fourth-order valence-electron chi connectivity index (χ4n) is 7.92. The normalized spacial score (nSPS) is 19.9. The maximum absolute atomic E-state index is 12.7. The van der Waals surface area contributed by atoms with Crippen molar-refractivity contribution >= 4 is 11.9 Å². The van der Waals surface area contributed by atoms with Crippen molar-refractivity contribution in [2.75, 3.05) is 19.8 Å².